The van der Waals surface area contributed by atoms with Gasteiger partial charge in [0, 0.05) is 24.7 Å². The molecule has 0 spiro atoms. The Morgan fingerprint density at radius 2 is 1.88 bits per heavy atom. The lowest BCUT2D eigenvalue weighted by Gasteiger charge is -2.37. The lowest BCUT2D eigenvalue weighted by molar-refractivity contribution is -0.142. The van der Waals surface area contributed by atoms with Gasteiger partial charge in [-0.25, -0.2) is 0 Å². The topological polar surface area (TPSA) is 66.8 Å². The first kappa shape index (κ1) is 19.7. The Kier molecular flexibility index (Phi) is 6.47. The number of carboxylic acids is 1. The van der Waals surface area contributed by atoms with Gasteiger partial charge in [0.25, 0.3) is 0 Å². The van der Waals surface area contributed by atoms with Crippen LogP contribution < -0.4 is 0 Å². The average molecular weight is 368 g/mol. The van der Waals surface area contributed by atoms with Gasteiger partial charge in [-0.15, -0.1) is 0 Å². The van der Waals surface area contributed by atoms with Crippen LogP contribution in [-0.2, 0) is 19.7 Å². The standard InChI is InChI=1S/C19H26ClNO4/c1-4-19(5-2,13-6-8-14(20)9-7-13)18(24)21-12-16(25-3)10-15(21)11-17(22)23/h6-9,15-16H,4-5,10-12H2,1-3H3,(H,22,23). The molecule has 2 atom stereocenters. The van der Waals surface area contributed by atoms with Crippen LogP contribution in [0.25, 0.3) is 0 Å². The van der Waals surface area contributed by atoms with Crippen LogP contribution in [0.4, 0.5) is 0 Å². The normalized spacial score (nSPS) is 20.7. The van der Waals surface area contributed by atoms with Gasteiger partial charge in [0.2, 0.25) is 5.91 Å². The Balaban J connectivity index is 2.37. The van der Waals surface area contributed by atoms with Crippen LogP contribution in [0, 0.1) is 0 Å². The van der Waals surface area contributed by atoms with Gasteiger partial charge in [-0.3, -0.25) is 9.59 Å². The predicted octanol–water partition coefficient (Wildman–Crippen LogP) is 3.49. The maximum atomic E-state index is 13.5. The van der Waals surface area contributed by atoms with Crippen molar-refractivity contribution >= 4 is 23.5 Å². The van der Waals surface area contributed by atoms with Crippen molar-refractivity contribution in [2.45, 2.75) is 57.1 Å². The zero-order valence-electron chi connectivity index (χ0n) is 15.0. The number of likely N-dealkylation sites (tertiary alicyclic amines) is 1. The molecule has 0 radical (unpaired) electrons. The molecule has 0 aromatic heterocycles. The number of methoxy groups -OCH3 is 1. The van der Waals surface area contributed by atoms with Crippen molar-refractivity contribution in [3.05, 3.63) is 34.9 Å². The summed E-state index contributed by atoms with van der Waals surface area (Å²) in [5, 5.41) is 9.83. The molecule has 2 unspecified atom stereocenters. The second-order valence-electron chi connectivity index (χ2n) is 6.60. The zero-order chi connectivity index (χ0) is 18.6. The molecule has 0 aliphatic carbocycles. The molecule has 1 amide bonds. The fraction of sp³-hybridized carbons (Fsp3) is 0.579. The highest BCUT2D eigenvalue weighted by Gasteiger charge is 2.45. The molecule has 1 aromatic carbocycles. The summed E-state index contributed by atoms with van der Waals surface area (Å²) in [5.41, 5.74) is 0.242. The highest BCUT2D eigenvalue weighted by molar-refractivity contribution is 6.30. The van der Waals surface area contributed by atoms with Gasteiger partial charge >= 0.3 is 5.97 Å². The number of nitrogens with zero attached hydrogens (tertiary/aromatic N) is 1. The fourth-order valence-corrected chi connectivity index (χ4v) is 3.94. The number of benzene rings is 1. The molecule has 25 heavy (non-hydrogen) atoms. The maximum Gasteiger partial charge on any atom is 0.305 e. The molecule has 5 nitrogen and oxygen atoms in total. The summed E-state index contributed by atoms with van der Waals surface area (Å²) in [4.78, 5) is 26.4. The lowest BCUT2D eigenvalue weighted by Crippen LogP contribution is -2.49. The third kappa shape index (κ3) is 3.98. The van der Waals surface area contributed by atoms with Gasteiger partial charge in [-0.05, 0) is 37.0 Å². The summed E-state index contributed by atoms with van der Waals surface area (Å²) in [6.07, 6.45) is 1.65. The van der Waals surface area contributed by atoms with E-state index >= 15 is 0 Å². The summed E-state index contributed by atoms with van der Waals surface area (Å²) in [5.74, 6) is -0.921. The first-order chi connectivity index (χ1) is 11.9. The molecular weight excluding hydrogens is 342 g/mol. The lowest BCUT2D eigenvalue weighted by atomic mass is 9.74. The van der Waals surface area contributed by atoms with E-state index in [-0.39, 0.29) is 24.5 Å². The second-order valence-corrected chi connectivity index (χ2v) is 7.04. The fourth-order valence-electron chi connectivity index (χ4n) is 3.82. The number of carbonyl (C=O) groups is 2. The summed E-state index contributed by atoms with van der Waals surface area (Å²) in [6, 6.07) is 7.04. The van der Waals surface area contributed by atoms with E-state index in [1.54, 1.807) is 24.1 Å². The van der Waals surface area contributed by atoms with Crippen molar-refractivity contribution < 1.29 is 19.4 Å². The summed E-state index contributed by atoms with van der Waals surface area (Å²) < 4.78 is 5.40. The number of hydrogen-bond donors (Lipinski definition) is 1. The van der Waals surface area contributed by atoms with Gasteiger partial charge in [0.05, 0.1) is 17.9 Å². The first-order valence-corrected chi connectivity index (χ1v) is 9.07. The van der Waals surface area contributed by atoms with Gasteiger partial charge in [0.1, 0.15) is 0 Å². The predicted molar refractivity (Wildman–Crippen MR) is 96.9 cm³/mol. The van der Waals surface area contributed by atoms with Crippen LogP contribution in [0.1, 0.15) is 45.1 Å². The van der Waals surface area contributed by atoms with E-state index in [1.165, 1.54) is 0 Å². The minimum atomic E-state index is -0.898. The van der Waals surface area contributed by atoms with Crippen molar-refractivity contribution in [2.24, 2.45) is 0 Å². The van der Waals surface area contributed by atoms with Crippen LogP contribution in [0.3, 0.4) is 0 Å². The Bertz CT molecular complexity index is 612. The Morgan fingerprint density at radius 3 is 2.36 bits per heavy atom. The van der Waals surface area contributed by atoms with Crippen molar-refractivity contribution in [3.8, 4) is 0 Å². The van der Waals surface area contributed by atoms with E-state index < -0.39 is 11.4 Å². The summed E-state index contributed by atoms with van der Waals surface area (Å²) in [7, 11) is 1.60. The molecule has 1 fully saturated rings. The third-order valence-electron chi connectivity index (χ3n) is 5.39. The molecule has 1 saturated heterocycles. The molecular formula is C19H26ClNO4. The smallest absolute Gasteiger partial charge is 0.305 e. The third-order valence-corrected chi connectivity index (χ3v) is 5.65. The van der Waals surface area contributed by atoms with E-state index in [1.807, 2.05) is 26.0 Å². The largest absolute Gasteiger partial charge is 0.481 e. The maximum absolute atomic E-state index is 13.5. The Labute approximate surface area is 153 Å². The molecule has 6 heteroatoms. The molecule has 1 N–H and O–H groups in total. The number of carbonyl (C=O) groups excluding carboxylic acids is 1. The minimum Gasteiger partial charge on any atom is -0.481 e. The Morgan fingerprint density at radius 1 is 1.28 bits per heavy atom. The molecule has 0 bridgehead atoms. The van der Waals surface area contributed by atoms with Gasteiger partial charge < -0.3 is 14.7 Å². The number of carboxylic acid groups (broad SMARTS) is 1. The highest BCUT2D eigenvalue weighted by atomic mass is 35.5. The van der Waals surface area contributed by atoms with Crippen LogP contribution in [0.2, 0.25) is 5.02 Å². The monoisotopic (exact) mass is 367 g/mol. The Hall–Kier alpha value is -1.59. The molecule has 1 aliphatic rings. The number of amides is 1. The quantitative estimate of drug-likeness (QED) is 0.801. The second kappa shape index (κ2) is 8.19. The van der Waals surface area contributed by atoms with Crippen molar-refractivity contribution in [2.75, 3.05) is 13.7 Å². The number of hydrogen-bond acceptors (Lipinski definition) is 3. The minimum absolute atomic E-state index is 0.0226. The van der Waals surface area contributed by atoms with Crippen LogP contribution in [0.15, 0.2) is 24.3 Å². The van der Waals surface area contributed by atoms with Crippen LogP contribution in [-0.4, -0.2) is 47.7 Å². The van der Waals surface area contributed by atoms with Gasteiger partial charge in [-0.1, -0.05) is 37.6 Å². The van der Waals surface area contributed by atoms with E-state index in [4.69, 9.17) is 16.3 Å². The zero-order valence-corrected chi connectivity index (χ0v) is 15.8. The van der Waals surface area contributed by atoms with E-state index in [9.17, 15) is 14.7 Å². The highest BCUT2D eigenvalue weighted by Crippen LogP contribution is 2.37. The van der Waals surface area contributed by atoms with E-state index in [0.717, 1.165) is 5.56 Å². The summed E-state index contributed by atoms with van der Waals surface area (Å²) in [6.45, 7) is 4.42. The molecule has 2 rings (SSSR count). The van der Waals surface area contributed by atoms with Gasteiger partial charge in [-0.2, -0.15) is 0 Å². The molecule has 1 aliphatic heterocycles. The van der Waals surface area contributed by atoms with Crippen LogP contribution >= 0.6 is 11.6 Å². The van der Waals surface area contributed by atoms with Gasteiger partial charge in [0.15, 0.2) is 0 Å². The molecule has 1 heterocycles. The van der Waals surface area contributed by atoms with Crippen molar-refractivity contribution in [1.82, 2.24) is 4.90 Å². The first-order valence-electron chi connectivity index (χ1n) is 8.69. The number of halogens is 1. The number of aliphatic carboxylic acids is 1. The molecule has 1 aromatic rings. The summed E-state index contributed by atoms with van der Waals surface area (Å²) >= 11 is 6.00. The van der Waals surface area contributed by atoms with Crippen LogP contribution in [0.5, 0.6) is 0 Å². The van der Waals surface area contributed by atoms with E-state index in [0.29, 0.717) is 30.8 Å². The van der Waals surface area contributed by atoms with E-state index in [2.05, 4.69) is 0 Å². The number of rotatable bonds is 7. The average Bonchev–Trinajstić information content (AvgIpc) is 2.99. The number of ether oxygens (including phenoxy) is 1. The molecule has 138 valence electrons. The van der Waals surface area contributed by atoms with Crippen molar-refractivity contribution in [1.29, 1.82) is 0 Å². The van der Waals surface area contributed by atoms with Crippen molar-refractivity contribution in [3.63, 3.8) is 0 Å². The SMILES string of the molecule is CCC(CC)(C(=O)N1CC(OC)CC1CC(=O)O)c1ccc(Cl)cc1. The molecule has 0 saturated carbocycles.